The maximum absolute atomic E-state index is 13.5. The van der Waals surface area contributed by atoms with Gasteiger partial charge in [-0.1, -0.05) is 102 Å². The third kappa shape index (κ3) is 12.7. The predicted molar refractivity (Wildman–Crippen MR) is 143 cm³/mol. The number of rotatable bonds is 21. The Morgan fingerprint density at radius 2 is 1.38 bits per heavy atom. The first kappa shape index (κ1) is 30.4. The van der Waals surface area contributed by atoms with Crippen molar-refractivity contribution in [2.45, 2.75) is 133 Å². The van der Waals surface area contributed by atoms with E-state index in [2.05, 4.69) is 13.5 Å². The van der Waals surface area contributed by atoms with Crippen LogP contribution in [-0.4, -0.2) is 25.7 Å². The quantitative estimate of drug-likeness (QED) is 0.0985. The zero-order valence-corrected chi connectivity index (χ0v) is 22.5. The number of allylic oxidation sites excluding steroid dienone is 1. The van der Waals surface area contributed by atoms with Crippen LogP contribution in [0, 0.1) is 0 Å². The highest BCUT2D eigenvalue weighted by Crippen LogP contribution is 2.27. The topological polar surface area (TPSA) is 60.4 Å². The summed E-state index contributed by atoms with van der Waals surface area (Å²) < 4.78 is 32.5. The first-order valence-electron chi connectivity index (χ1n) is 13.5. The number of hydrogen-bond acceptors (Lipinski definition) is 4. The molecule has 5 heteroatoms. The number of carbonyl (C=O) groups excluding carboxylic acids is 1. The zero-order valence-electron chi connectivity index (χ0n) is 21.7. The summed E-state index contributed by atoms with van der Waals surface area (Å²) in [5, 5.41) is -0.730. The summed E-state index contributed by atoms with van der Waals surface area (Å²) in [5.74, 6) is -0.416. The maximum atomic E-state index is 13.5. The van der Waals surface area contributed by atoms with Crippen molar-refractivity contribution in [3.8, 4) is 0 Å². The molecule has 1 rings (SSSR count). The van der Waals surface area contributed by atoms with Gasteiger partial charge in [0.05, 0.1) is 4.90 Å². The second kappa shape index (κ2) is 18.7. The molecule has 0 bridgehead atoms. The second-order valence-electron chi connectivity index (χ2n) is 9.44. The molecule has 0 aromatic heterocycles. The van der Waals surface area contributed by atoms with Crippen LogP contribution in [0.3, 0.4) is 0 Å². The highest BCUT2D eigenvalue weighted by molar-refractivity contribution is 7.92. The highest BCUT2D eigenvalue weighted by Gasteiger charge is 2.36. The minimum Gasteiger partial charge on any atom is -0.461 e. The van der Waals surface area contributed by atoms with Gasteiger partial charge in [-0.15, -0.1) is 6.58 Å². The summed E-state index contributed by atoms with van der Waals surface area (Å²) in [7, 11) is -3.60. The molecule has 0 radical (unpaired) electrons. The largest absolute Gasteiger partial charge is 0.461 e. The molecule has 4 nitrogen and oxygen atoms in total. The Balaban J connectivity index is 2.57. The molecule has 0 amide bonds. The SMILES string of the molecule is C=CCCCC(C(CCCCCCCCCCCCCC)OC(C)=O)S(=O)(=O)c1ccccc1. The van der Waals surface area contributed by atoms with Crippen LogP contribution in [0.15, 0.2) is 47.9 Å². The third-order valence-corrected chi connectivity index (χ3v) is 8.71. The van der Waals surface area contributed by atoms with Crippen molar-refractivity contribution in [1.29, 1.82) is 0 Å². The van der Waals surface area contributed by atoms with Gasteiger partial charge in [-0.2, -0.15) is 0 Å². The van der Waals surface area contributed by atoms with Gasteiger partial charge in [-0.3, -0.25) is 4.79 Å². The molecule has 0 fully saturated rings. The number of hydrogen-bond donors (Lipinski definition) is 0. The zero-order chi connectivity index (χ0) is 25.1. The molecule has 0 spiro atoms. The molecular formula is C29H48O4S. The number of carbonyl (C=O) groups is 1. The Morgan fingerprint density at radius 1 is 0.853 bits per heavy atom. The molecule has 1 aromatic carbocycles. The van der Waals surface area contributed by atoms with Gasteiger partial charge in [0.15, 0.2) is 9.84 Å². The van der Waals surface area contributed by atoms with E-state index in [9.17, 15) is 13.2 Å². The van der Waals surface area contributed by atoms with Crippen molar-refractivity contribution >= 4 is 15.8 Å². The fourth-order valence-electron chi connectivity index (χ4n) is 4.51. The van der Waals surface area contributed by atoms with Gasteiger partial charge in [0.2, 0.25) is 0 Å². The van der Waals surface area contributed by atoms with Crippen LogP contribution in [0.5, 0.6) is 0 Å². The lowest BCUT2D eigenvalue weighted by atomic mass is 10.0. The molecule has 0 aliphatic carbocycles. The number of esters is 1. The Labute approximate surface area is 209 Å². The van der Waals surface area contributed by atoms with Crippen molar-refractivity contribution in [1.82, 2.24) is 0 Å². The molecule has 0 N–H and O–H groups in total. The highest BCUT2D eigenvalue weighted by atomic mass is 32.2. The van der Waals surface area contributed by atoms with Gasteiger partial charge in [0.25, 0.3) is 0 Å². The van der Waals surface area contributed by atoms with E-state index in [1.54, 1.807) is 30.3 Å². The van der Waals surface area contributed by atoms with E-state index in [4.69, 9.17) is 4.74 Å². The van der Waals surface area contributed by atoms with Gasteiger partial charge in [-0.05, 0) is 44.2 Å². The number of benzene rings is 1. The van der Waals surface area contributed by atoms with Crippen LogP contribution in [-0.2, 0) is 19.4 Å². The summed E-state index contributed by atoms with van der Waals surface area (Å²) in [5.41, 5.74) is 0. The average Bonchev–Trinajstić information content (AvgIpc) is 2.82. The molecule has 2 atom stereocenters. The standard InChI is InChI=1S/C29H48O4S/c1-4-6-8-9-10-11-12-13-14-15-16-21-24-28(33-26(3)30)29(25-18-7-5-2)34(31,32)27-22-19-17-20-23-27/h5,17,19-20,22-23,28-29H,2,4,6-16,18,21,24-25H2,1,3H3. The van der Waals surface area contributed by atoms with E-state index in [1.165, 1.54) is 64.7 Å². The van der Waals surface area contributed by atoms with Crippen LogP contribution in [0.25, 0.3) is 0 Å². The van der Waals surface area contributed by atoms with Crippen molar-refractivity contribution in [3.05, 3.63) is 43.0 Å². The van der Waals surface area contributed by atoms with E-state index in [0.29, 0.717) is 24.2 Å². The van der Waals surface area contributed by atoms with E-state index in [0.717, 1.165) is 25.7 Å². The molecule has 1 aromatic rings. The predicted octanol–water partition coefficient (Wildman–Crippen LogP) is 8.21. The Bertz CT molecular complexity index is 758. The minimum atomic E-state index is -3.60. The molecule has 34 heavy (non-hydrogen) atoms. The molecule has 0 saturated carbocycles. The van der Waals surface area contributed by atoms with Crippen LogP contribution in [0.4, 0.5) is 0 Å². The number of sulfone groups is 1. The molecular weight excluding hydrogens is 444 g/mol. The Hall–Kier alpha value is -1.62. The van der Waals surface area contributed by atoms with E-state index < -0.39 is 27.2 Å². The lowest BCUT2D eigenvalue weighted by Crippen LogP contribution is -2.37. The van der Waals surface area contributed by atoms with E-state index >= 15 is 0 Å². The average molecular weight is 493 g/mol. The van der Waals surface area contributed by atoms with Crippen LogP contribution < -0.4 is 0 Å². The molecule has 0 heterocycles. The van der Waals surface area contributed by atoms with Gasteiger partial charge < -0.3 is 4.74 Å². The molecule has 2 unspecified atom stereocenters. The van der Waals surface area contributed by atoms with Crippen LogP contribution in [0.2, 0.25) is 0 Å². The van der Waals surface area contributed by atoms with Crippen molar-refractivity contribution in [2.24, 2.45) is 0 Å². The van der Waals surface area contributed by atoms with Crippen LogP contribution >= 0.6 is 0 Å². The van der Waals surface area contributed by atoms with Gasteiger partial charge in [-0.25, -0.2) is 8.42 Å². The van der Waals surface area contributed by atoms with Crippen molar-refractivity contribution < 1.29 is 17.9 Å². The normalized spacial score (nSPS) is 13.4. The summed E-state index contributed by atoms with van der Waals surface area (Å²) >= 11 is 0. The summed E-state index contributed by atoms with van der Waals surface area (Å²) in [4.78, 5) is 12.1. The smallest absolute Gasteiger partial charge is 0.302 e. The lowest BCUT2D eigenvalue weighted by molar-refractivity contribution is -0.146. The molecule has 0 aliphatic heterocycles. The summed E-state index contributed by atoms with van der Waals surface area (Å²) in [6, 6.07) is 8.54. The molecule has 0 aliphatic rings. The third-order valence-electron chi connectivity index (χ3n) is 6.44. The molecule has 0 saturated heterocycles. The fourth-order valence-corrected chi connectivity index (χ4v) is 6.46. The van der Waals surface area contributed by atoms with Gasteiger partial charge in [0.1, 0.15) is 11.4 Å². The number of ether oxygens (including phenoxy) is 1. The van der Waals surface area contributed by atoms with E-state index in [-0.39, 0.29) is 0 Å². The summed E-state index contributed by atoms with van der Waals surface area (Å²) in [6.45, 7) is 7.37. The van der Waals surface area contributed by atoms with Gasteiger partial charge in [0, 0.05) is 6.92 Å². The molecule has 194 valence electrons. The Morgan fingerprint density at radius 3 is 1.88 bits per heavy atom. The van der Waals surface area contributed by atoms with Crippen LogP contribution in [0.1, 0.15) is 117 Å². The fraction of sp³-hybridized carbons (Fsp3) is 0.690. The van der Waals surface area contributed by atoms with E-state index in [1.807, 2.05) is 6.07 Å². The van der Waals surface area contributed by atoms with Crippen molar-refractivity contribution in [3.63, 3.8) is 0 Å². The first-order valence-corrected chi connectivity index (χ1v) is 15.0. The number of unbranched alkanes of at least 4 members (excludes halogenated alkanes) is 12. The van der Waals surface area contributed by atoms with Crippen molar-refractivity contribution in [2.75, 3.05) is 0 Å². The van der Waals surface area contributed by atoms with Gasteiger partial charge >= 0.3 is 5.97 Å². The monoisotopic (exact) mass is 492 g/mol. The summed E-state index contributed by atoms with van der Waals surface area (Å²) in [6.07, 6.45) is 18.6. The maximum Gasteiger partial charge on any atom is 0.302 e. The Kier molecular flexibility index (Phi) is 16.7. The first-order chi connectivity index (χ1) is 16.4. The second-order valence-corrected chi connectivity index (χ2v) is 11.6. The minimum absolute atomic E-state index is 0.297. The lowest BCUT2D eigenvalue weighted by Gasteiger charge is -2.27.